The third-order valence-electron chi connectivity index (χ3n) is 2.40. The second kappa shape index (κ2) is 3.70. The van der Waals surface area contributed by atoms with Crippen molar-refractivity contribution in [1.29, 1.82) is 0 Å². The highest BCUT2D eigenvalue weighted by molar-refractivity contribution is 5.44. The molecular weight excluding hydrogens is 164 g/mol. The summed E-state index contributed by atoms with van der Waals surface area (Å²) in [6.07, 6.45) is 3.56. The molecule has 1 aliphatic heterocycles. The fourth-order valence-electron chi connectivity index (χ4n) is 1.68. The predicted molar refractivity (Wildman–Crippen MR) is 51.7 cm³/mol. The first-order valence-corrected chi connectivity index (χ1v) is 4.62. The number of rotatable bonds is 1. The van der Waals surface area contributed by atoms with Gasteiger partial charge in [0.25, 0.3) is 0 Å². The molecule has 0 amide bonds. The molecule has 4 heteroatoms. The van der Waals surface area contributed by atoms with Gasteiger partial charge in [0, 0.05) is 25.7 Å². The minimum absolute atomic E-state index is 0.540. The van der Waals surface area contributed by atoms with Crippen LogP contribution < -0.4 is 10.2 Å². The third kappa shape index (κ3) is 1.78. The van der Waals surface area contributed by atoms with Gasteiger partial charge in [0.05, 0.1) is 18.1 Å². The highest BCUT2D eigenvalue weighted by Crippen LogP contribution is 2.15. The summed E-state index contributed by atoms with van der Waals surface area (Å²) in [4.78, 5) is 2.35. The van der Waals surface area contributed by atoms with Gasteiger partial charge in [0.15, 0.2) is 0 Å². The molecule has 0 unspecified atom stereocenters. The van der Waals surface area contributed by atoms with Gasteiger partial charge in [-0.3, -0.25) is 0 Å². The van der Waals surface area contributed by atoms with E-state index in [2.05, 4.69) is 27.3 Å². The van der Waals surface area contributed by atoms with Gasteiger partial charge in [-0.2, -0.15) is 10.2 Å². The summed E-state index contributed by atoms with van der Waals surface area (Å²) < 4.78 is 0. The molecule has 70 valence electrons. The van der Waals surface area contributed by atoms with Crippen LogP contribution in [0.2, 0.25) is 0 Å². The van der Waals surface area contributed by atoms with Crippen molar-refractivity contribution >= 4 is 5.69 Å². The smallest absolute Gasteiger partial charge is 0.0730 e. The van der Waals surface area contributed by atoms with Gasteiger partial charge in [-0.15, -0.1) is 0 Å². The van der Waals surface area contributed by atoms with Crippen molar-refractivity contribution in [1.82, 2.24) is 15.5 Å². The van der Waals surface area contributed by atoms with E-state index in [1.165, 1.54) is 5.69 Å². The number of hydrogen-bond acceptors (Lipinski definition) is 4. The summed E-state index contributed by atoms with van der Waals surface area (Å²) in [7, 11) is 0. The van der Waals surface area contributed by atoms with E-state index in [0.717, 1.165) is 19.6 Å². The topological polar surface area (TPSA) is 41.0 Å². The molecule has 1 N–H and O–H groups in total. The number of nitrogens with one attached hydrogen (secondary N) is 1. The van der Waals surface area contributed by atoms with Crippen molar-refractivity contribution in [3.8, 4) is 0 Å². The first-order chi connectivity index (χ1) is 6.38. The van der Waals surface area contributed by atoms with Crippen LogP contribution in [0.25, 0.3) is 0 Å². The van der Waals surface area contributed by atoms with E-state index in [4.69, 9.17) is 0 Å². The lowest BCUT2D eigenvalue weighted by Crippen LogP contribution is -2.49. The van der Waals surface area contributed by atoms with Crippen LogP contribution in [0, 0.1) is 0 Å². The fraction of sp³-hybridized carbons (Fsp3) is 0.556. The predicted octanol–water partition coefficient (Wildman–Crippen LogP) is 0.275. The van der Waals surface area contributed by atoms with Gasteiger partial charge in [0.2, 0.25) is 0 Å². The third-order valence-corrected chi connectivity index (χ3v) is 2.40. The average molecular weight is 178 g/mol. The van der Waals surface area contributed by atoms with E-state index >= 15 is 0 Å². The molecule has 1 aliphatic rings. The van der Waals surface area contributed by atoms with Crippen LogP contribution in [0.1, 0.15) is 6.92 Å². The van der Waals surface area contributed by atoms with E-state index in [0.29, 0.717) is 6.04 Å². The normalized spacial score (nSPS) is 23.2. The maximum absolute atomic E-state index is 3.88. The van der Waals surface area contributed by atoms with Gasteiger partial charge < -0.3 is 10.2 Å². The maximum atomic E-state index is 3.88. The molecule has 1 saturated heterocycles. The van der Waals surface area contributed by atoms with Crippen LogP contribution in [0.3, 0.4) is 0 Å². The van der Waals surface area contributed by atoms with Gasteiger partial charge in [-0.25, -0.2) is 0 Å². The molecule has 1 aromatic heterocycles. The Balaban J connectivity index is 2.15. The lowest BCUT2D eigenvalue weighted by Gasteiger charge is -2.35. The largest absolute Gasteiger partial charge is 0.365 e. The molecule has 0 radical (unpaired) electrons. The summed E-state index contributed by atoms with van der Waals surface area (Å²) in [5.74, 6) is 0. The molecule has 1 atom stereocenters. The molecule has 2 rings (SSSR count). The molecule has 0 saturated carbocycles. The van der Waals surface area contributed by atoms with Crippen LogP contribution >= 0.6 is 0 Å². The second-order valence-corrected chi connectivity index (χ2v) is 3.35. The zero-order valence-corrected chi connectivity index (χ0v) is 7.77. The first kappa shape index (κ1) is 8.44. The van der Waals surface area contributed by atoms with E-state index in [1.54, 1.807) is 6.20 Å². The molecule has 4 nitrogen and oxygen atoms in total. The molecule has 1 fully saturated rings. The van der Waals surface area contributed by atoms with Gasteiger partial charge in [-0.1, -0.05) is 0 Å². The zero-order valence-electron chi connectivity index (χ0n) is 7.77. The van der Waals surface area contributed by atoms with Gasteiger partial charge in [0.1, 0.15) is 0 Å². The van der Waals surface area contributed by atoms with Crippen LogP contribution in [0.4, 0.5) is 5.69 Å². The Hall–Kier alpha value is -1.16. The SMILES string of the molecule is C[C@@H]1CNCCN1c1ccnnc1. The van der Waals surface area contributed by atoms with Crippen molar-refractivity contribution in [3.63, 3.8) is 0 Å². The van der Waals surface area contributed by atoms with Crippen LogP contribution in [0.15, 0.2) is 18.5 Å². The Labute approximate surface area is 78.0 Å². The summed E-state index contributed by atoms with van der Waals surface area (Å²) in [6, 6.07) is 2.55. The van der Waals surface area contributed by atoms with Crippen molar-refractivity contribution in [3.05, 3.63) is 18.5 Å². The summed E-state index contributed by atoms with van der Waals surface area (Å²) in [5, 5.41) is 11.0. The molecular formula is C9H14N4. The van der Waals surface area contributed by atoms with Crippen LogP contribution in [-0.4, -0.2) is 35.9 Å². The van der Waals surface area contributed by atoms with E-state index in [-0.39, 0.29) is 0 Å². The fourth-order valence-corrected chi connectivity index (χ4v) is 1.68. The van der Waals surface area contributed by atoms with Gasteiger partial charge in [-0.05, 0) is 13.0 Å². The molecule has 1 aromatic rings. The van der Waals surface area contributed by atoms with Crippen LogP contribution in [0.5, 0.6) is 0 Å². The quantitative estimate of drug-likeness (QED) is 0.670. The Morgan fingerprint density at radius 3 is 3.15 bits per heavy atom. The lowest BCUT2D eigenvalue weighted by atomic mass is 10.2. The number of anilines is 1. The van der Waals surface area contributed by atoms with Crippen molar-refractivity contribution in [2.24, 2.45) is 0 Å². The van der Waals surface area contributed by atoms with Crippen molar-refractivity contribution in [2.75, 3.05) is 24.5 Å². The monoisotopic (exact) mass is 178 g/mol. The maximum Gasteiger partial charge on any atom is 0.0730 e. The highest BCUT2D eigenvalue weighted by Gasteiger charge is 2.17. The second-order valence-electron chi connectivity index (χ2n) is 3.35. The minimum Gasteiger partial charge on any atom is -0.365 e. The number of aromatic nitrogens is 2. The number of piperazine rings is 1. The summed E-state index contributed by atoms with van der Waals surface area (Å²) in [5.41, 5.74) is 1.17. The summed E-state index contributed by atoms with van der Waals surface area (Å²) in [6.45, 7) is 5.36. The summed E-state index contributed by atoms with van der Waals surface area (Å²) >= 11 is 0. The standard InChI is InChI=1S/C9H14N4/c1-8-6-10-4-5-13(8)9-2-3-11-12-7-9/h2-3,7-8,10H,4-6H2,1H3/t8-/m1/s1. The molecule has 0 aliphatic carbocycles. The van der Waals surface area contributed by atoms with E-state index < -0.39 is 0 Å². The van der Waals surface area contributed by atoms with Crippen LogP contribution in [-0.2, 0) is 0 Å². The van der Waals surface area contributed by atoms with Crippen molar-refractivity contribution in [2.45, 2.75) is 13.0 Å². The first-order valence-electron chi connectivity index (χ1n) is 4.62. The lowest BCUT2D eigenvalue weighted by molar-refractivity contribution is 0.500. The van der Waals surface area contributed by atoms with E-state index in [9.17, 15) is 0 Å². The number of nitrogens with zero attached hydrogens (tertiary/aromatic N) is 3. The Morgan fingerprint density at radius 2 is 2.46 bits per heavy atom. The molecule has 2 heterocycles. The van der Waals surface area contributed by atoms with E-state index in [1.807, 2.05) is 12.3 Å². The van der Waals surface area contributed by atoms with Crippen molar-refractivity contribution < 1.29 is 0 Å². The molecule has 0 spiro atoms. The average Bonchev–Trinajstić information content (AvgIpc) is 2.20. The Kier molecular flexibility index (Phi) is 2.40. The highest BCUT2D eigenvalue weighted by atomic mass is 15.2. The van der Waals surface area contributed by atoms with Gasteiger partial charge >= 0.3 is 0 Å². The number of hydrogen-bond donors (Lipinski definition) is 1. The molecule has 0 bridgehead atoms. The Bertz CT molecular complexity index is 262. The Morgan fingerprint density at radius 1 is 1.54 bits per heavy atom. The molecule has 13 heavy (non-hydrogen) atoms. The minimum atomic E-state index is 0.540. The molecule has 0 aromatic carbocycles. The zero-order chi connectivity index (χ0) is 9.10.